The van der Waals surface area contributed by atoms with Crippen molar-refractivity contribution in [2.24, 2.45) is 5.92 Å². The number of pyridine rings is 1. The maximum Gasteiger partial charge on any atom is 0.290 e. The molecule has 39 heavy (non-hydrogen) atoms. The van der Waals surface area contributed by atoms with Gasteiger partial charge in [-0.3, -0.25) is 19.4 Å². The zero-order valence-electron chi connectivity index (χ0n) is 22.5. The number of ether oxygens (including phenoxy) is 1. The SMILES string of the molecule is COc1cc([C@@H](C)C[C@H]2CC[C@@H](c3ccc(CCCNCCO)nc3)C2)ccc1F.O=CO.O=CO.O=CO. The van der Waals surface area contributed by atoms with E-state index >= 15 is 0 Å². The van der Waals surface area contributed by atoms with Gasteiger partial charge in [0.15, 0.2) is 11.6 Å². The summed E-state index contributed by atoms with van der Waals surface area (Å²) in [5, 5.41) is 32.6. The summed E-state index contributed by atoms with van der Waals surface area (Å²) in [5.74, 6) is 1.71. The van der Waals surface area contributed by atoms with Crippen LogP contribution in [0.1, 0.15) is 67.7 Å². The van der Waals surface area contributed by atoms with Crippen LogP contribution in [-0.4, -0.2) is 71.6 Å². The molecular formula is C28H41FN2O8. The van der Waals surface area contributed by atoms with Gasteiger partial charge in [-0.25, -0.2) is 4.39 Å². The average Bonchev–Trinajstić information content (AvgIpc) is 3.39. The third kappa shape index (κ3) is 14.8. The van der Waals surface area contributed by atoms with E-state index in [1.54, 1.807) is 0 Å². The molecule has 0 saturated heterocycles. The Morgan fingerprint density at radius 2 is 1.74 bits per heavy atom. The normalized spacial score (nSPS) is 16.1. The van der Waals surface area contributed by atoms with Gasteiger partial charge in [0.1, 0.15) is 0 Å². The minimum Gasteiger partial charge on any atom is -0.494 e. The number of carboxylic acid groups (broad SMARTS) is 3. The van der Waals surface area contributed by atoms with E-state index in [2.05, 4.69) is 35.6 Å². The molecule has 1 aliphatic carbocycles. The quantitative estimate of drug-likeness (QED) is 0.204. The van der Waals surface area contributed by atoms with Crippen molar-refractivity contribution >= 4 is 19.4 Å². The smallest absolute Gasteiger partial charge is 0.290 e. The number of aromatic nitrogens is 1. The Bertz CT molecular complexity index is 916. The summed E-state index contributed by atoms with van der Waals surface area (Å²) in [7, 11) is 1.52. The van der Waals surface area contributed by atoms with Gasteiger partial charge in [0.2, 0.25) is 0 Å². The average molecular weight is 553 g/mol. The lowest BCUT2D eigenvalue weighted by Crippen LogP contribution is -2.19. The summed E-state index contributed by atoms with van der Waals surface area (Å²) in [6.45, 7) is 3.23. The lowest BCUT2D eigenvalue weighted by molar-refractivity contribution is -0.123. The van der Waals surface area contributed by atoms with Crippen molar-refractivity contribution in [2.75, 3.05) is 26.8 Å². The second-order valence-corrected chi connectivity index (χ2v) is 8.88. The second kappa shape index (κ2) is 22.4. The molecule has 3 rings (SSSR count). The number of aryl methyl sites for hydroxylation is 1. The van der Waals surface area contributed by atoms with Gasteiger partial charge in [0, 0.05) is 18.4 Å². The molecule has 0 amide bonds. The molecule has 0 aliphatic heterocycles. The topological polar surface area (TPSA) is 166 Å². The van der Waals surface area contributed by atoms with Crippen molar-refractivity contribution in [3.05, 3.63) is 59.2 Å². The fraction of sp³-hybridized carbons (Fsp3) is 0.500. The van der Waals surface area contributed by atoms with Crippen LogP contribution in [0.25, 0.3) is 0 Å². The van der Waals surface area contributed by atoms with Gasteiger partial charge in [-0.15, -0.1) is 0 Å². The molecule has 0 radical (unpaired) electrons. The fourth-order valence-electron chi connectivity index (χ4n) is 4.63. The lowest BCUT2D eigenvalue weighted by Gasteiger charge is -2.18. The molecule has 3 atom stereocenters. The molecule has 0 unspecified atom stereocenters. The van der Waals surface area contributed by atoms with Crippen molar-refractivity contribution in [2.45, 2.75) is 57.3 Å². The van der Waals surface area contributed by atoms with Crippen LogP contribution in [0.5, 0.6) is 5.75 Å². The third-order valence-corrected chi connectivity index (χ3v) is 6.37. The first-order valence-electron chi connectivity index (χ1n) is 12.7. The minimum atomic E-state index is -0.299. The Labute approximate surface area is 228 Å². The summed E-state index contributed by atoms with van der Waals surface area (Å²) >= 11 is 0. The number of hydrogen-bond acceptors (Lipinski definition) is 7. The number of nitrogens with zero attached hydrogens (tertiary/aromatic N) is 1. The van der Waals surface area contributed by atoms with Crippen molar-refractivity contribution in [1.82, 2.24) is 10.3 Å². The molecule has 0 bridgehead atoms. The van der Waals surface area contributed by atoms with Crippen LogP contribution in [-0.2, 0) is 20.8 Å². The van der Waals surface area contributed by atoms with Crippen LogP contribution in [0.15, 0.2) is 36.5 Å². The van der Waals surface area contributed by atoms with E-state index in [0.717, 1.165) is 37.1 Å². The first kappa shape index (κ1) is 35.4. The van der Waals surface area contributed by atoms with Crippen molar-refractivity contribution in [3.63, 3.8) is 0 Å². The highest BCUT2D eigenvalue weighted by Crippen LogP contribution is 2.42. The van der Waals surface area contributed by atoms with Crippen LogP contribution >= 0.6 is 0 Å². The number of halogens is 1. The highest BCUT2D eigenvalue weighted by atomic mass is 19.1. The van der Waals surface area contributed by atoms with E-state index < -0.39 is 0 Å². The molecule has 2 aromatic rings. The first-order chi connectivity index (χ1) is 18.8. The number of rotatable bonds is 11. The molecule has 5 N–H and O–H groups in total. The number of benzene rings is 1. The number of aliphatic hydroxyl groups is 1. The Morgan fingerprint density at radius 1 is 1.08 bits per heavy atom. The van der Waals surface area contributed by atoms with Crippen LogP contribution in [0.3, 0.4) is 0 Å². The Kier molecular flexibility index (Phi) is 20.4. The van der Waals surface area contributed by atoms with Crippen molar-refractivity contribution < 1.29 is 43.9 Å². The summed E-state index contributed by atoms with van der Waals surface area (Å²) < 4.78 is 18.8. The highest BCUT2D eigenvalue weighted by molar-refractivity contribution is 5.33. The molecule has 1 aromatic heterocycles. The van der Waals surface area contributed by atoms with E-state index in [-0.39, 0.29) is 31.8 Å². The molecule has 1 aliphatic rings. The van der Waals surface area contributed by atoms with Gasteiger partial charge < -0.3 is 30.5 Å². The molecule has 11 heteroatoms. The fourth-order valence-corrected chi connectivity index (χ4v) is 4.63. The second-order valence-electron chi connectivity index (χ2n) is 8.88. The minimum absolute atomic E-state index is 0.187. The summed E-state index contributed by atoms with van der Waals surface area (Å²) in [5.41, 5.74) is 3.64. The van der Waals surface area contributed by atoms with E-state index in [4.69, 9.17) is 39.5 Å². The Balaban J connectivity index is 0.00000141. The molecular weight excluding hydrogens is 511 g/mol. The molecule has 0 spiro atoms. The molecule has 1 fully saturated rings. The van der Waals surface area contributed by atoms with Crippen LogP contribution in [0.2, 0.25) is 0 Å². The first-order valence-corrected chi connectivity index (χ1v) is 12.7. The van der Waals surface area contributed by atoms with Crippen molar-refractivity contribution in [1.29, 1.82) is 0 Å². The standard InChI is InChI=1S/C25H35FN2O2.3CH2O2/c1-18(20-8-10-24(26)25(16-20)30-2)14-19-5-6-21(15-19)22-7-9-23(28-17-22)4-3-11-27-12-13-29;3*2-1-3/h7-10,16-19,21,27,29H,3-6,11-15H2,1-2H3;3*1H,(H,2,3)/t18-,19+,21+;;;/m0.../s1. The Morgan fingerprint density at radius 3 is 2.31 bits per heavy atom. The van der Waals surface area contributed by atoms with E-state index in [1.165, 1.54) is 38.0 Å². The molecule has 10 nitrogen and oxygen atoms in total. The molecule has 218 valence electrons. The zero-order chi connectivity index (χ0) is 29.5. The van der Waals surface area contributed by atoms with Gasteiger partial charge in [0.05, 0.1) is 13.7 Å². The number of aliphatic hydroxyl groups excluding tert-OH is 1. The molecule has 1 saturated carbocycles. The van der Waals surface area contributed by atoms with E-state index in [9.17, 15) is 4.39 Å². The Hall–Kier alpha value is -3.57. The van der Waals surface area contributed by atoms with Crippen LogP contribution in [0, 0.1) is 11.7 Å². The molecule has 1 aromatic carbocycles. The zero-order valence-corrected chi connectivity index (χ0v) is 22.5. The third-order valence-electron chi connectivity index (χ3n) is 6.37. The maximum atomic E-state index is 13.7. The van der Waals surface area contributed by atoms with Gasteiger partial charge >= 0.3 is 0 Å². The largest absolute Gasteiger partial charge is 0.494 e. The summed E-state index contributed by atoms with van der Waals surface area (Å²) in [6, 6.07) is 9.66. The van der Waals surface area contributed by atoms with Crippen molar-refractivity contribution in [3.8, 4) is 5.75 Å². The van der Waals surface area contributed by atoms with Crippen LogP contribution < -0.4 is 10.1 Å². The summed E-state index contributed by atoms with van der Waals surface area (Å²) in [6.07, 6.45) is 8.85. The predicted octanol–water partition coefficient (Wildman–Crippen LogP) is 3.92. The van der Waals surface area contributed by atoms with Gasteiger partial charge in [-0.2, -0.15) is 0 Å². The monoisotopic (exact) mass is 552 g/mol. The number of hydrogen-bond donors (Lipinski definition) is 5. The maximum absolute atomic E-state index is 13.7. The van der Waals surface area contributed by atoms with Gasteiger partial charge in [0.25, 0.3) is 19.4 Å². The summed E-state index contributed by atoms with van der Waals surface area (Å²) in [4.78, 5) is 29.8. The number of methoxy groups -OCH3 is 1. The lowest BCUT2D eigenvalue weighted by atomic mass is 9.88. The van der Waals surface area contributed by atoms with Gasteiger partial charge in [-0.05, 0) is 92.1 Å². The van der Waals surface area contributed by atoms with Gasteiger partial charge in [-0.1, -0.05) is 19.1 Å². The van der Waals surface area contributed by atoms with Crippen LogP contribution in [0.4, 0.5) is 4.39 Å². The van der Waals surface area contributed by atoms with E-state index in [1.807, 2.05) is 12.1 Å². The van der Waals surface area contributed by atoms with E-state index in [0.29, 0.717) is 30.0 Å². The number of nitrogens with one attached hydrogen (secondary N) is 1. The predicted molar refractivity (Wildman–Crippen MR) is 145 cm³/mol. The number of carbonyl (C=O) groups is 3. The molecule has 1 heterocycles. The highest BCUT2D eigenvalue weighted by Gasteiger charge is 2.27.